The molecule has 0 radical (unpaired) electrons. The molecule has 1 fully saturated rings. The monoisotopic (exact) mass is 230 g/mol. The third kappa shape index (κ3) is 6.43. The summed E-state index contributed by atoms with van der Waals surface area (Å²) < 4.78 is 5.31. The van der Waals surface area contributed by atoms with Crippen LogP contribution in [0.4, 0.5) is 0 Å². The lowest BCUT2D eigenvalue weighted by Gasteiger charge is -2.21. The van der Waals surface area contributed by atoms with Gasteiger partial charge in [0.1, 0.15) is 0 Å². The summed E-state index contributed by atoms with van der Waals surface area (Å²) in [7, 11) is 2.10. The van der Waals surface area contributed by atoms with E-state index in [-0.39, 0.29) is 12.6 Å². The lowest BCUT2D eigenvalue weighted by molar-refractivity contribution is 0.119. The molecule has 0 amide bonds. The molecule has 0 aromatic heterocycles. The highest BCUT2D eigenvalue weighted by Crippen LogP contribution is 2.19. The normalized spacial score (nSPS) is 18.0. The van der Waals surface area contributed by atoms with Crippen LogP contribution >= 0.6 is 0 Å². The molecule has 1 aliphatic carbocycles. The van der Waals surface area contributed by atoms with Gasteiger partial charge in [0, 0.05) is 25.2 Å². The van der Waals surface area contributed by atoms with Gasteiger partial charge in [-0.2, -0.15) is 0 Å². The van der Waals surface area contributed by atoms with Crippen LogP contribution in [-0.2, 0) is 4.74 Å². The highest BCUT2D eigenvalue weighted by molar-refractivity contribution is 4.84. The van der Waals surface area contributed by atoms with Crippen LogP contribution in [0.2, 0.25) is 0 Å². The highest BCUT2D eigenvalue weighted by atomic mass is 16.5. The molecule has 96 valence electrons. The number of likely N-dealkylation sites (N-methyl/N-ethyl adjacent to an activating group) is 1. The van der Waals surface area contributed by atoms with Crippen LogP contribution < -0.4 is 5.32 Å². The molecule has 0 spiro atoms. The lowest BCUT2D eigenvalue weighted by atomic mass is 10.2. The van der Waals surface area contributed by atoms with E-state index in [0.29, 0.717) is 6.04 Å². The zero-order chi connectivity index (χ0) is 11.8. The molecule has 1 saturated carbocycles. The van der Waals surface area contributed by atoms with Crippen molar-refractivity contribution in [3.8, 4) is 0 Å². The van der Waals surface area contributed by atoms with E-state index < -0.39 is 0 Å². The Kier molecular flexibility index (Phi) is 6.96. The molecule has 2 N–H and O–H groups in total. The number of aliphatic hydroxyl groups is 1. The van der Waals surface area contributed by atoms with Gasteiger partial charge in [-0.05, 0) is 39.8 Å². The summed E-state index contributed by atoms with van der Waals surface area (Å²) in [6, 6.07) is 0.938. The van der Waals surface area contributed by atoms with E-state index >= 15 is 0 Å². The standard InChI is InChI=1S/C12H26N2O2/c1-3-16-9-8-14(2)7-6-12(10-15)13-11-4-5-11/h11-13,15H,3-10H2,1-2H3. The minimum atomic E-state index is 0.246. The number of nitrogens with one attached hydrogen (secondary N) is 1. The van der Waals surface area contributed by atoms with E-state index in [1.807, 2.05) is 6.92 Å². The Labute approximate surface area is 99.0 Å². The van der Waals surface area contributed by atoms with Crippen molar-refractivity contribution in [2.45, 2.75) is 38.3 Å². The largest absolute Gasteiger partial charge is 0.395 e. The van der Waals surface area contributed by atoms with Gasteiger partial charge in [0.2, 0.25) is 0 Å². The van der Waals surface area contributed by atoms with E-state index in [0.717, 1.165) is 32.7 Å². The van der Waals surface area contributed by atoms with E-state index in [2.05, 4.69) is 17.3 Å². The molecule has 0 aliphatic heterocycles. The van der Waals surface area contributed by atoms with Gasteiger partial charge in [0.15, 0.2) is 0 Å². The SMILES string of the molecule is CCOCCN(C)CCC(CO)NC1CC1. The van der Waals surface area contributed by atoms with Gasteiger partial charge in [-0.15, -0.1) is 0 Å². The topological polar surface area (TPSA) is 44.7 Å². The molecule has 0 aromatic rings. The second-order valence-electron chi connectivity index (χ2n) is 4.61. The predicted octanol–water partition coefficient (Wildman–Crippen LogP) is 0.458. The third-order valence-corrected chi connectivity index (χ3v) is 2.95. The minimum Gasteiger partial charge on any atom is -0.395 e. The summed E-state index contributed by atoms with van der Waals surface area (Å²) in [5.74, 6) is 0. The van der Waals surface area contributed by atoms with Crippen molar-refractivity contribution in [3.63, 3.8) is 0 Å². The predicted molar refractivity (Wildman–Crippen MR) is 65.6 cm³/mol. The Balaban J connectivity index is 2.01. The van der Waals surface area contributed by atoms with Gasteiger partial charge in [0.25, 0.3) is 0 Å². The summed E-state index contributed by atoms with van der Waals surface area (Å²) in [6.07, 6.45) is 3.56. The van der Waals surface area contributed by atoms with Crippen molar-refractivity contribution in [2.75, 3.05) is 40.0 Å². The molecule has 1 rings (SSSR count). The average molecular weight is 230 g/mol. The Hall–Kier alpha value is -0.160. The molecule has 1 aliphatic rings. The highest BCUT2D eigenvalue weighted by Gasteiger charge is 2.24. The molecule has 16 heavy (non-hydrogen) atoms. The summed E-state index contributed by atoms with van der Waals surface area (Å²) in [4.78, 5) is 2.26. The van der Waals surface area contributed by atoms with Gasteiger partial charge in [-0.25, -0.2) is 0 Å². The van der Waals surface area contributed by atoms with Gasteiger partial charge in [-0.3, -0.25) is 0 Å². The maximum absolute atomic E-state index is 9.22. The Morgan fingerprint density at radius 3 is 2.75 bits per heavy atom. The first-order valence-corrected chi connectivity index (χ1v) is 6.39. The molecule has 4 nitrogen and oxygen atoms in total. The minimum absolute atomic E-state index is 0.246. The molecule has 0 aromatic carbocycles. The van der Waals surface area contributed by atoms with Crippen LogP contribution in [-0.4, -0.2) is 62.0 Å². The van der Waals surface area contributed by atoms with Gasteiger partial charge >= 0.3 is 0 Å². The summed E-state index contributed by atoms with van der Waals surface area (Å²) in [5, 5.41) is 12.7. The smallest absolute Gasteiger partial charge is 0.0593 e. The van der Waals surface area contributed by atoms with Crippen molar-refractivity contribution >= 4 is 0 Å². The first-order valence-electron chi connectivity index (χ1n) is 6.39. The fourth-order valence-corrected chi connectivity index (χ4v) is 1.66. The van der Waals surface area contributed by atoms with E-state index in [9.17, 15) is 5.11 Å². The lowest BCUT2D eigenvalue weighted by Crippen LogP contribution is -2.37. The Morgan fingerprint density at radius 1 is 1.44 bits per heavy atom. The second kappa shape index (κ2) is 8.01. The zero-order valence-electron chi connectivity index (χ0n) is 10.6. The molecule has 4 heteroatoms. The average Bonchev–Trinajstić information content (AvgIpc) is 3.08. The molecule has 0 bridgehead atoms. The number of hydrogen-bond donors (Lipinski definition) is 2. The van der Waals surface area contributed by atoms with Crippen LogP contribution in [0.5, 0.6) is 0 Å². The van der Waals surface area contributed by atoms with Crippen LogP contribution in [0.15, 0.2) is 0 Å². The van der Waals surface area contributed by atoms with E-state index in [4.69, 9.17) is 4.74 Å². The fourth-order valence-electron chi connectivity index (χ4n) is 1.66. The summed E-state index contributed by atoms with van der Waals surface area (Å²) >= 11 is 0. The molecular weight excluding hydrogens is 204 g/mol. The number of nitrogens with zero attached hydrogens (tertiary/aromatic N) is 1. The molecule has 1 unspecified atom stereocenters. The van der Waals surface area contributed by atoms with Gasteiger partial charge in [0.05, 0.1) is 13.2 Å². The molecule has 1 atom stereocenters. The molecule has 0 saturated heterocycles. The van der Waals surface area contributed by atoms with Crippen molar-refractivity contribution in [1.29, 1.82) is 0 Å². The second-order valence-corrected chi connectivity index (χ2v) is 4.61. The van der Waals surface area contributed by atoms with Crippen molar-refractivity contribution in [2.24, 2.45) is 0 Å². The molecular formula is C12H26N2O2. The van der Waals surface area contributed by atoms with Gasteiger partial charge < -0.3 is 20.1 Å². The molecule has 0 heterocycles. The Bertz CT molecular complexity index is 174. The maximum Gasteiger partial charge on any atom is 0.0593 e. The van der Waals surface area contributed by atoms with Crippen LogP contribution in [0.25, 0.3) is 0 Å². The van der Waals surface area contributed by atoms with E-state index in [1.54, 1.807) is 0 Å². The first kappa shape index (κ1) is 13.9. The van der Waals surface area contributed by atoms with Crippen LogP contribution in [0, 0.1) is 0 Å². The quantitative estimate of drug-likeness (QED) is 0.535. The fraction of sp³-hybridized carbons (Fsp3) is 1.00. The van der Waals surface area contributed by atoms with Crippen molar-refractivity contribution in [1.82, 2.24) is 10.2 Å². The number of hydrogen-bond acceptors (Lipinski definition) is 4. The first-order chi connectivity index (χ1) is 7.76. The summed E-state index contributed by atoms with van der Waals surface area (Å²) in [6.45, 7) is 5.83. The van der Waals surface area contributed by atoms with Gasteiger partial charge in [-0.1, -0.05) is 0 Å². The number of aliphatic hydroxyl groups excluding tert-OH is 1. The van der Waals surface area contributed by atoms with Crippen molar-refractivity contribution in [3.05, 3.63) is 0 Å². The maximum atomic E-state index is 9.22. The zero-order valence-corrected chi connectivity index (χ0v) is 10.6. The summed E-state index contributed by atoms with van der Waals surface area (Å²) in [5.41, 5.74) is 0. The Morgan fingerprint density at radius 2 is 2.19 bits per heavy atom. The number of ether oxygens (including phenoxy) is 1. The van der Waals surface area contributed by atoms with Crippen LogP contribution in [0.3, 0.4) is 0 Å². The number of rotatable bonds is 10. The third-order valence-electron chi connectivity index (χ3n) is 2.95. The van der Waals surface area contributed by atoms with Crippen molar-refractivity contribution < 1.29 is 9.84 Å². The van der Waals surface area contributed by atoms with E-state index in [1.165, 1.54) is 12.8 Å². The van der Waals surface area contributed by atoms with Crippen LogP contribution in [0.1, 0.15) is 26.2 Å².